The van der Waals surface area contributed by atoms with Gasteiger partial charge >= 0.3 is 0 Å². The molecule has 3 heteroatoms. The van der Waals surface area contributed by atoms with Crippen molar-refractivity contribution in [1.29, 1.82) is 0 Å². The summed E-state index contributed by atoms with van der Waals surface area (Å²) in [6.45, 7) is 2.15. The van der Waals surface area contributed by atoms with Gasteiger partial charge in [-0.05, 0) is 17.9 Å². The lowest BCUT2D eigenvalue weighted by atomic mass is 10.1. The van der Waals surface area contributed by atoms with Gasteiger partial charge in [-0.1, -0.05) is 55.1 Å². The molecule has 2 nitrogen and oxygen atoms in total. The Balaban J connectivity index is 2.24. The van der Waals surface area contributed by atoms with Crippen LogP contribution in [0.4, 0.5) is 0 Å². The zero-order chi connectivity index (χ0) is 12.4. The molecule has 0 unspecified atom stereocenters. The molecule has 0 N–H and O–H groups in total. The van der Waals surface area contributed by atoms with E-state index in [0.717, 1.165) is 16.6 Å². The average Bonchev–Trinajstić information content (AvgIpc) is 2.80. The quantitative estimate of drug-likeness (QED) is 0.654. The first kappa shape index (κ1) is 11.4. The van der Waals surface area contributed by atoms with Gasteiger partial charge in [-0.15, -0.1) is 0 Å². The van der Waals surface area contributed by atoms with Crippen LogP contribution in [0.1, 0.15) is 6.92 Å². The molecule has 3 aromatic rings. The van der Waals surface area contributed by atoms with Crippen LogP contribution in [0.2, 0.25) is 0 Å². The van der Waals surface area contributed by atoms with E-state index in [9.17, 15) is 0 Å². The second kappa shape index (κ2) is 4.86. The summed E-state index contributed by atoms with van der Waals surface area (Å²) >= 11 is 1.77. The van der Waals surface area contributed by atoms with Crippen molar-refractivity contribution in [2.45, 2.75) is 12.1 Å². The van der Waals surface area contributed by atoms with E-state index in [1.54, 1.807) is 11.8 Å². The Labute approximate surface area is 111 Å². The molecular weight excluding hydrogens is 240 g/mol. The molecule has 0 atom stereocenters. The number of aromatic nitrogens is 2. The molecule has 0 aliphatic heterocycles. The van der Waals surface area contributed by atoms with Crippen molar-refractivity contribution in [2.75, 3.05) is 5.75 Å². The van der Waals surface area contributed by atoms with Gasteiger partial charge in [0.2, 0.25) is 0 Å². The first-order chi connectivity index (χ1) is 8.90. The van der Waals surface area contributed by atoms with Gasteiger partial charge in [-0.2, -0.15) is 0 Å². The third-order valence-electron chi connectivity index (χ3n) is 2.84. The monoisotopic (exact) mass is 254 g/mol. The van der Waals surface area contributed by atoms with Gasteiger partial charge in [-0.25, -0.2) is 4.98 Å². The van der Waals surface area contributed by atoms with E-state index < -0.39 is 0 Å². The maximum Gasteiger partial charge on any atom is 0.173 e. The van der Waals surface area contributed by atoms with Crippen LogP contribution in [0.3, 0.4) is 0 Å². The third kappa shape index (κ3) is 1.91. The van der Waals surface area contributed by atoms with Crippen LogP contribution < -0.4 is 0 Å². The molecule has 2 heterocycles. The van der Waals surface area contributed by atoms with Crippen LogP contribution in [-0.4, -0.2) is 15.1 Å². The highest BCUT2D eigenvalue weighted by Gasteiger charge is 2.11. The van der Waals surface area contributed by atoms with Crippen molar-refractivity contribution >= 4 is 17.3 Å². The van der Waals surface area contributed by atoms with Crippen LogP contribution in [0.25, 0.3) is 16.8 Å². The van der Waals surface area contributed by atoms with Gasteiger partial charge in [-0.3, -0.25) is 4.40 Å². The molecular formula is C15H14N2S. The second-order valence-corrected chi connectivity index (χ2v) is 5.23. The first-order valence-corrected chi connectivity index (χ1v) is 7.04. The lowest BCUT2D eigenvalue weighted by molar-refractivity contribution is 0.960. The SMILES string of the molecule is CCSc1nc(-c2ccccc2)c2ccccn12. The van der Waals surface area contributed by atoms with E-state index in [1.165, 1.54) is 11.1 Å². The number of thioether (sulfide) groups is 1. The molecule has 0 bridgehead atoms. The summed E-state index contributed by atoms with van der Waals surface area (Å²) in [5.74, 6) is 1.03. The van der Waals surface area contributed by atoms with E-state index in [4.69, 9.17) is 4.98 Å². The van der Waals surface area contributed by atoms with E-state index in [2.05, 4.69) is 53.9 Å². The largest absolute Gasteiger partial charge is 0.294 e. The number of nitrogens with zero attached hydrogens (tertiary/aromatic N) is 2. The van der Waals surface area contributed by atoms with Crippen molar-refractivity contribution in [3.63, 3.8) is 0 Å². The molecule has 0 spiro atoms. The van der Waals surface area contributed by atoms with E-state index in [-0.39, 0.29) is 0 Å². The fraction of sp³-hybridized carbons (Fsp3) is 0.133. The first-order valence-electron chi connectivity index (χ1n) is 6.05. The Bertz CT molecular complexity index is 659. The Hall–Kier alpha value is -1.74. The topological polar surface area (TPSA) is 17.3 Å². The molecule has 18 heavy (non-hydrogen) atoms. The van der Waals surface area contributed by atoms with Crippen LogP contribution in [0.15, 0.2) is 59.9 Å². The molecule has 0 aliphatic rings. The van der Waals surface area contributed by atoms with Gasteiger partial charge in [0, 0.05) is 11.8 Å². The third-order valence-corrected chi connectivity index (χ3v) is 3.67. The number of pyridine rings is 1. The molecule has 0 saturated carbocycles. The molecule has 0 amide bonds. The summed E-state index contributed by atoms with van der Waals surface area (Å²) in [7, 11) is 0. The van der Waals surface area contributed by atoms with Crippen LogP contribution in [0, 0.1) is 0 Å². The standard InChI is InChI=1S/C15H14N2S/c1-2-18-15-16-14(12-8-4-3-5-9-12)13-10-6-7-11-17(13)15/h3-11H,2H2,1H3. The molecule has 3 rings (SSSR count). The summed E-state index contributed by atoms with van der Waals surface area (Å²) in [5, 5.41) is 1.06. The van der Waals surface area contributed by atoms with Gasteiger partial charge < -0.3 is 0 Å². The van der Waals surface area contributed by atoms with E-state index in [1.807, 2.05) is 12.1 Å². The van der Waals surface area contributed by atoms with Crippen LogP contribution >= 0.6 is 11.8 Å². The van der Waals surface area contributed by atoms with Crippen molar-refractivity contribution in [2.24, 2.45) is 0 Å². The number of fused-ring (bicyclic) bond motifs is 1. The van der Waals surface area contributed by atoms with Gasteiger partial charge in [0.1, 0.15) is 0 Å². The van der Waals surface area contributed by atoms with Gasteiger partial charge in [0.15, 0.2) is 5.16 Å². The van der Waals surface area contributed by atoms with Crippen molar-refractivity contribution in [3.05, 3.63) is 54.7 Å². The normalized spacial score (nSPS) is 10.9. The van der Waals surface area contributed by atoms with Gasteiger partial charge in [0.05, 0.1) is 11.2 Å². The van der Waals surface area contributed by atoms with E-state index in [0.29, 0.717) is 0 Å². The van der Waals surface area contributed by atoms with Crippen molar-refractivity contribution < 1.29 is 0 Å². The second-order valence-electron chi connectivity index (χ2n) is 4.00. The predicted octanol–water partition coefficient (Wildman–Crippen LogP) is 4.11. The molecule has 90 valence electrons. The maximum atomic E-state index is 4.78. The summed E-state index contributed by atoms with van der Waals surface area (Å²) < 4.78 is 2.16. The summed E-state index contributed by atoms with van der Waals surface area (Å²) in [6, 6.07) is 16.6. The Morgan fingerprint density at radius 1 is 1.06 bits per heavy atom. The molecule has 0 saturated heterocycles. The molecule has 0 aliphatic carbocycles. The highest BCUT2D eigenvalue weighted by Crippen LogP contribution is 2.28. The Morgan fingerprint density at radius 3 is 2.61 bits per heavy atom. The minimum absolute atomic E-state index is 1.03. The Kier molecular flexibility index (Phi) is 3.07. The molecule has 0 radical (unpaired) electrons. The van der Waals surface area contributed by atoms with Gasteiger partial charge in [0.25, 0.3) is 0 Å². The summed E-state index contributed by atoms with van der Waals surface area (Å²) in [6.07, 6.45) is 2.08. The van der Waals surface area contributed by atoms with Crippen molar-refractivity contribution in [1.82, 2.24) is 9.38 Å². The maximum absolute atomic E-state index is 4.78. The fourth-order valence-electron chi connectivity index (χ4n) is 2.05. The zero-order valence-corrected chi connectivity index (χ0v) is 11.0. The lowest BCUT2D eigenvalue weighted by Gasteiger charge is -1.98. The number of hydrogen-bond donors (Lipinski definition) is 0. The number of hydrogen-bond acceptors (Lipinski definition) is 2. The van der Waals surface area contributed by atoms with E-state index >= 15 is 0 Å². The minimum Gasteiger partial charge on any atom is -0.294 e. The predicted molar refractivity (Wildman–Crippen MR) is 77.0 cm³/mol. The highest BCUT2D eigenvalue weighted by atomic mass is 32.2. The molecule has 1 aromatic carbocycles. The number of rotatable bonds is 3. The van der Waals surface area contributed by atoms with Crippen molar-refractivity contribution in [3.8, 4) is 11.3 Å². The fourth-order valence-corrected chi connectivity index (χ4v) is 2.76. The molecule has 2 aromatic heterocycles. The van der Waals surface area contributed by atoms with Crippen LogP contribution in [-0.2, 0) is 0 Å². The number of imidazole rings is 1. The summed E-state index contributed by atoms with van der Waals surface area (Å²) in [4.78, 5) is 4.78. The summed E-state index contributed by atoms with van der Waals surface area (Å²) in [5.41, 5.74) is 3.40. The molecule has 0 fully saturated rings. The smallest absolute Gasteiger partial charge is 0.173 e. The minimum atomic E-state index is 1.03. The zero-order valence-electron chi connectivity index (χ0n) is 10.2. The number of benzene rings is 1. The lowest BCUT2D eigenvalue weighted by Crippen LogP contribution is -1.85. The highest BCUT2D eigenvalue weighted by molar-refractivity contribution is 7.99. The average molecular weight is 254 g/mol. The van der Waals surface area contributed by atoms with Crippen LogP contribution in [0.5, 0.6) is 0 Å². The Morgan fingerprint density at radius 2 is 1.83 bits per heavy atom.